The van der Waals surface area contributed by atoms with Crippen LogP contribution < -0.4 is 15.8 Å². The first-order chi connectivity index (χ1) is 15.7. The number of carbonyl (C=O) groups excluding carboxylic acids is 2. The Kier molecular flexibility index (Phi) is 8.30. The van der Waals surface area contributed by atoms with E-state index in [0.717, 1.165) is 12.1 Å². The molecule has 1 aromatic carbocycles. The number of halogens is 1. The minimum absolute atomic E-state index is 0.288. The van der Waals surface area contributed by atoms with Gasteiger partial charge in [-0.2, -0.15) is 5.10 Å². The van der Waals surface area contributed by atoms with Crippen LogP contribution in [0, 0.1) is 6.92 Å². The molecule has 10 nitrogen and oxygen atoms in total. The Morgan fingerprint density at radius 1 is 1.18 bits per heavy atom. The van der Waals surface area contributed by atoms with Gasteiger partial charge in [-0.15, -0.1) is 0 Å². The summed E-state index contributed by atoms with van der Waals surface area (Å²) < 4.78 is 15.3. The molecule has 2 amide bonds. The summed E-state index contributed by atoms with van der Waals surface area (Å²) in [5, 5.41) is 7.25. The number of fused-ring (bicyclic) bond motifs is 1. The van der Waals surface area contributed by atoms with E-state index in [2.05, 4.69) is 25.3 Å². The molecular weight excluding hydrogens is 539 g/mol. The molecule has 11 heteroatoms. The summed E-state index contributed by atoms with van der Waals surface area (Å²) in [5.74, 6) is -0.0323. The van der Waals surface area contributed by atoms with E-state index in [9.17, 15) is 9.59 Å². The fourth-order valence-corrected chi connectivity index (χ4v) is 4.55. The van der Waals surface area contributed by atoms with Crippen molar-refractivity contribution in [3.63, 3.8) is 0 Å². The zero-order chi connectivity index (χ0) is 24.1. The van der Waals surface area contributed by atoms with E-state index < -0.39 is 26.1 Å². The number of benzene rings is 1. The van der Waals surface area contributed by atoms with Crippen LogP contribution in [0.2, 0.25) is 0 Å². The summed E-state index contributed by atoms with van der Waals surface area (Å²) in [6.07, 6.45) is 0.806. The molecule has 33 heavy (non-hydrogen) atoms. The molecular formula is C22H31IN6O4. The van der Waals surface area contributed by atoms with Crippen LogP contribution in [0.15, 0.2) is 18.2 Å². The Morgan fingerprint density at radius 2 is 1.94 bits per heavy atom. The van der Waals surface area contributed by atoms with Gasteiger partial charge in [-0.25, -0.2) is 0 Å². The molecule has 180 valence electrons. The van der Waals surface area contributed by atoms with Gasteiger partial charge in [-0.05, 0) is 13.8 Å². The molecule has 0 saturated heterocycles. The third-order valence-corrected chi connectivity index (χ3v) is 6.52. The number of aryl methyl sites for hydroxylation is 3. The molecule has 3 rings (SSSR count). The molecule has 0 fully saturated rings. The summed E-state index contributed by atoms with van der Waals surface area (Å²) in [6, 6.07) is 4.98. The molecule has 2 aromatic heterocycles. The van der Waals surface area contributed by atoms with E-state index in [4.69, 9.17) is 13.5 Å². The molecule has 3 N–H and O–H groups in total. The second kappa shape index (κ2) is 11.0. The zero-order valence-corrected chi connectivity index (χ0v) is 21.8. The fraction of sp³-hybridized carbons (Fsp3) is 0.455. The van der Waals surface area contributed by atoms with Crippen molar-refractivity contribution in [2.45, 2.75) is 40.3 Å². The van der Waals surface area contributed by atoms with E-state index >= 15 is 0 Å². The zero-order valence-electron chi connectivity index (χ0n) is 19.6. The second-order valence-electron chi connectivity index (χ2n) is 7.58. The van der Waals surface area contributed by atoms with Crippen molar-refractivity contribution in [3.8, 4) is 5.75 Å². The maximum absolute atomic E-state index is 13.0. The molecule has 0 aliphatic rings. The summed E-state index contributed by atoms with van der Waals surface area (Å²) >= 11 is -1.33. The number of rotatable bonds is 11. The van der Waals surface area contributed by atoms with Gasteiger partial charge < -0.3 is 0 Å². The molecule has 2 heterocycles. The number of anilines is 1. The molecule has 0 atom stereocenters. The first kappa shape index (κ1) is 25.0. The molecule has 0 bridgehead atoms. The van der Waals surface area contributed by atoms with Crippen LogP contribution in [0.25, 0.3) is 11.0 Å². The Labute approximate surface area is 200 Å². The molecule has 0 saturated carbocycles. The number of nitrogens with one attached hydrogen (secondary N) is 1. The fourth-order valence-electron chi connectivity index (χ4n) is 3.49. The molecule has 0 unspecified atom stereocenters. The number of alkyl halides is 2. The van der Waals surface area contributed by atoms with E-state index in [-0.39, 0.29) is 11.5 Å². The number of carbonyl (C=O) groups is 2. The number of hydrogen-bond acceptors (Lipinski definition) is 6. The van der Waals surface area contributed by atoms with Gasteiger partial charge in [0.1, 0.15) is 0 Å². The van der Waals surface area contributed by atoms with E-state index in [0.29, 0.717) is 54.7 Å². The van der Waals surface area contributed by atoms with Crippen LogP contribution in [0.3, 0.4) is 0 Å². The number of ether oxygens (including phenoxy) is 1. The number of hydrogen-bond donors (Lipinski definition) is 2. The van der Waals surface area contributed by atoms with Gasteiger partial charge in [0.05, 0.1) is 5.69 Å². The van der Waals surface area contributed by atoms with E-state index in [1.807, 2.05) is 25.3 Å². The van der Waals surface area contributed by atoms with Gasteiger partial charge in [0.15, 0.2) is 0 Å². The Morgan fingerprint density at radius 3 is 2.58 bits per heavy atom. The standard InChI is InChI=1S/C22H31IN6O4/c1-6-8-28-19-16(12-15(20(24)30)13-18(19)32-9-10-33-23(4)5)25-22(28)26-21(31)17-11-14(3)27-29(17)7-2/h11-13H,6-10H2,1-5H3,(H2,24,30)(H,25,26,31). The first-order valence-corrected chi connectivity index (χ1v) is 15.9. The molecule has 0 spiro atoms. The first-order valence-electron chi connectivity index (χ1n) is 10.7. The van der Waals surface area contributed by atoms with Crippen molar-refractivity contribution < 1.29 is 17.4 Å². The van der Waals surface area contributed by atoms with Gasteiger partial charge in [0.25, 0.3) is 0 Å². The van der Waals surface area contributed by atoms with Crippen molar-refractivity contribution in [3.05, 3.63) is 35.2 Å². The van der Waals surface area contributed by atoms with E-state index in [1.54, 1.807) is 22.9 Å². The van der Waals surface area contributed by atoms with Crippen LogP contribution in [-0.4, -0.2) is 54.2 Å². The monoisotopic (exact) mass is 570 g/mol. The number of nitrogens with two attached hydrogens (primary N) is 1. The summed E-state index contributed by atoms with van der Waals surface area (Å²) in [4.78, 5) is 33.8. The van der Waals surface area contributed by atoms with Crippen molar-refractivity contribution in [2.75, 3.05) is 28.4 Å². The molecule has 0 radical (unpaired) electrons. The van der Waals surface area contributed by atoms with E-state index in [1.165, 1.54) is 0 Å². The van der Waals surface area contributed by atoms with Gasteiger partial charge in [-0.3, -0.25) is 0 Å². The van der Waals surface area contributed by atoms with Crippen LogP contribution in [-0.2, 0) is 16.2 Å². The third-order valence-electron chi connectivity index (χ3n) is 4.83. The van der Waals surface area contributed by atoms with Gasteiger partial charge in [0, 0.05) is 6.54 Å². The number of primary amides is 1. The number of aromatic nitrogens is 4. The summed E-state index contributed by atoms with van der Waals surface area (Å²) in [6.45, 7) is 7.77. The maximum atomic E-state index is 13.0. The van der Waals surface area contributed by atoms with Gasteiger partial charge in [-0.1, -0.05) is 0 Å². The van der Waals surface area contributed by atoms with Crippen LogP contribution in [0.4, 0.5) is 5.95 Å². The van der Waals surface area contributed by atoms with Crippen molar-refractivity contribution in [1.82, 2.24) is 19.3 Å². The van der Waals surface area contributed by atoms with Crippen molar-refractivity contribution >= 4 is 49.0 Å². The van der Waals surface area contributed by atoms with Crippen molar-refractivity contribution in [1.29, 1.82) is 0 Å². The third kappa shape index (κ3) is 5.82. The average Bonchev–Trinajstić information content (AvgIpc) is 3.31. The minimum atomic E-state index is -1.33. The average molecular weight is 570 g/mol. The van der Waals surface area contributed by atoms with Gasteiger partial charge in [0.2, 0.25) is 0 Å². The number of amides is 2. The topological polar surface area (TPSA) is 126 Å². The number of imidazole rings is 1. The second-order valence-corrected chi connectivity index (χ2v) is 12.1. The van der Waals surface area contributed by atoms with Crippen LogP contribution in [0.1, 0.15) is 46.8 Å². The normalized spacial score (nSPS) is 11.6. The Balaban J connectivity index is 2.02. The predicted molar refractivity (Wildman–Crippen MR) is 136 cm³/mol. The quantitative estimate of drug-likeness (QED) is 0.207. The predicted octanol–water partition coefficient (Wildman–Crippen LogP) is 3.40. The Bertz CT molecular complexity index is 1150. The summed E-state index contributed by atoms with van der Waals surface area (Å²) in [7, 11) is 0. The molecule has 0 aliphatic heterocycles. The van der Waals surface area contributed by atoms with Gasteiger partial charge >= 0.3 is 170 Å². The Hall–Kier alpha value is -2.67. The van der Waals surface area contributed by atoms with Crippen LogP contribution >= 0.6 is 20.2 Å². The summed E-state index contributed by atoms with van der Waals surface area (Å²) in [5.41, 5.74) is 8.25. The molecule has 3 aromatic rings. The SMILES string of the molecule is CCCn1c(NC(=O)c2cc(C)nn2CC)nc2cc(C(N)=O)cc(OCCOI(C)C)c21. The van der Waals surface area contributed by atoms with Crippen molar-refractivity contribution in [2.24, 2.45) is 5.73 Å². The van der Waals surface area contributed by atoms with Crippen LogP contribution in [0.5, 0.6) is 5.75 Å². The molecule has 0 aliphatic carbocycles. The number of nitrogens with zero attached hydrogens (tertiary/aromatic N) is 4.